The van der Waals surface area contributed by atoms with Crippen LogP contribution >= 0.6 is 23.4 Å². The lowest BCUT2D eigenvalue weighted by atomic mass is 10.2. The minimum atomic E-state index is -0.208. The second-order valence-corrected chi connectivity index (χ2v) is 6.38. The number of benzene rings is 1. The van der Waals surface area contributed by atoms with Gasteiger partial charge in [0.25, 0.3) is 5.91 Å². The summed E-state index contributed by atoms with van der Waals surface area (Å²) in [5, 5.41) is 16.9. The van der Waals surface area contributed by atoms with Crippen LogP contribution in [-0.4, -0.2) is 44.9 Å². The van der Waals surface area contributed by atoms with Crippen molar-refractivity contribution in [3.05, 3.63) is 47.2 Å². The minimum Gasteiger partial charge on any atom is -0.395 e. The number of aliphatic hydroxyl groups is 1. The van der Waals surface area contributed by atoms with Crippen LogP contribution in [0.15, 0.2) is 36.7 Å². The Balaban J connectivity index is 2.07. The van der Waals surface area contributed by atoms with Gasteiger partial charge in [0.05, 0.1) is 24.1 Å². The average molecular weight is 340 g/mol. The number of aromatic nitrogens is 2. The highest BCUT2D eigenvalue weighted by Crippen LogP contribution is 2.14. The number of carbonyl (C=O) groups excluding carboxylic acids is 1. The molecule has 0 aliphatic carbocycles. The number of nitrogens with zero attached hydrogens (tertiary/aromatic N) is 2. The molecule has 118 valence electrons. The van der Waals surface area contributed by atoms with E-state index in [-0.39, 0.29) is 23.8 Å². The first-order valence-electron chi connectivity index (χ1n) is 6.80. The summed E-state index contributed by atoms with van der Waals surface area (Å²) in [4.78, 5) is 12.2. The number of nitrogens with one attached hydrogen (secondary N) is 1. The third kappa shape index (κ3) is 4.03. The molecule has 22 heavy (non-hydrogen) atoms. The van der Waals surface area contributed by atoms with Gasteiger partial charge in [-0.05, 0) is 37.4 Å². The molecule has 2 rings (SSSR count). The van der Waals surface area contributed by atoms with E-state index in [1.165, 1.54) is 18.0 Å². The SMILES string of the molecule is CSC(CO)C(C)NC(=O)c1cnn(-c2ccc(Cl)cc2)c1. The molecule has 2 atom stereocenters. The predicted octanol–water partition coefficient (Wildman–Crippen LogP) is 2.37. The summed E-state index contributed by atoms with van der Waals surface area (Å²) in [7, 11) is 0. The normalized spacial score (nSPS) is 13.6. The Labute approximate surface area is 138 Å². The van der Waals surface area contributed by atoms with Crippen LogP contribution in [0.25, 0.3) is 5.69 Å². The van der Waals surface area contributed by atoms with E-state index in [4.69, 9.17) is 11.6 Å². The molecule has 1 aromatic carbocycles. The summed E-state index contributed by atoms with van der Waals surface area (Å²) in [6.07, 6.45) is 5.09. The maximum atomic E-state index is 12.2. The first kappa shape index (κ1) is 16.9. The summed E-state index contributed by atoms with van der Waals surface area (Å²) in [6.45, 7) is 1.89. The second-order valence-electron chi connectivity index (χ2n) is 4.87. The van der Waals surface area contributed by atoms with E-state index in [0.717, 1.165) is 5.69 Å². The van der Waals surface area contributed by atoms with Gasteiger partial charge in [0, 0.05) is 22.5 Å². The molecule has 0 fully saturated rings. The predicted molar refractivity (Wildman–Crippen MR) is 89.9 cm³/mol. The van der Waals surface area contributed by atoms with Gasteiger partial charge in [-0.15, -0.1) is 0 Å². The summed E-state index contributed by atoms with van der Waals surface area (Å²) in [6, 6.07) is 7.06. The molecule has 0 bridgehead atoms. The molecule has 1 amide bonds. The molecule has 0 aliphatic heterocycles. The van der Waals surface area contributed by atoms with Crippen LogP contribution in [0.2, 0.25) is 5.02 Å². The number of hydrogen-bond acceptors (Lipinski definition) is 4. The first-order chi connectivity index (χ1) is 10.5. The van der Waals surface area contributed by atoms with Gasteiger partial charge >= 0.3 is 0 Å². The summed E-state index contributed by atoms with van der Waals surface area (Å²) >= 11 is 7.37. The zero-order valence-corrected chi connectivity index (χ0v) is 13.9. The van der Waals surface area contributed by atoms with Crippen molar-refractivity contribution in [3.8, 4) is 5.69 Å². The molecule has 0 saturated carbocycles. The van der Waals surface area contributed by atoms with Crippen molar-refractivity contribution in [2.24, 2.45) is 0 Å². The molecule has 7 heteroatoms. The fourth-order valence-corrected chi connectivity index (χ4v) is 2.75. The topological polar surface area (TPSA) is 67.2 Å². The fourth-order valence-electron chi connectivity index (χ4n) is 1.99. The molecule has 0 spiro atoms. The lowest BCUT2D eigenvalue weighted by Crippen LogP contribution is -2.41. The minimum absolute atomic E-state index is 0.0205. The van der Waals surface area contributed by atoms with Crippen LogP contribution in [-0.2, 0) is 0 Å². The van der Waals surface area contributed by atoms with Gasteiger partial charge in [-0.25, -0.2) is 4.68 Å². The Morgan fingerprint density at radius 3 is 2.73 bits per heavy atom. The highest BCUT2D eigenvalue weighted by molar-refractivity contribution is 7.99. The summed E-state index contributed by atoms with van der Waals surface area (Å²) in [5.74, 6) is -0.208. The Kier molecular flexibility index (Phi) is 5.88. The van der Waals surface area contributed by atoms with Crippen molar-refractivity contribution in [2.45, 2.75) is 18.2 Å². The number of aliphatic hydroxyl groups excluding tert-OH is 1. The standard InChI is InChI=1S/C15H18ClN3O2S/c1-10(14(9-20)22-2)18-15(21)11-7-17-19(8-11)13-5-3-12(16)4-6-13/h3-8,10,14,20H,9H2,1-2H3,(H,18,21). The average Bonchev–Trinajstić information content (AvgIpc) is 2.99. The number of rotatable bonds is 6. The van der Waals surface area contributed by atoms with E-state index in [0.29, 0.717) is 10.6 Å². The molecule has 2 aromatic rings. The van der Waals surface area contributed by atoms with E-state index in [9.17, 15) is 9.90 Å². The smallest absolute Gasteiger partial charge is 0.254 e. The molecule has 0 radical (unpaired) electrons. The van der Waals surface area contributed by atoms with Crippen LogP contribution in [0.3, 0.4) is 0 Å². The van der Waals surface area contributed by atoms with Crippen LogP contribution in [0.5, 0.6) is 0 Å². The van der Waals surface area contributed by atoms with Crippen molar-refractivity contribution in [1.82, 2.24) is 15.1 Å². The van der Waals surface area contributed by atoms with Crippen molar-refractivity contribution in [1.29, 1.82) is 0 Å². The molecule has 5 nitrogen and oxygen atoms in total. The Morgan fingerprint density at radius 1 is 1.45 bits per heavy atom. The van der Waals surface area contributed by atoms with Crippen molar-refractivity contribution in [3.63, 3.8) is 0 Å². The molecule has 2 N–H and O–H groups in total. The Morgan fingerprint density at radius 2 is 2.14 bits per heavy atom. The summed E-state index contributed by atoms with van der Waals surface area (Å²) < 4.78 is 1.62. The quantitative estimate of drug-likeness (QED) is 0.848. The van der Waals surface area contributed by atoms with Gasteiger partial charge in [0.2, 0.25) is 0 Å². The first-order valence-corrected chi connectivity index (χ1v) is 8.47. The van der Waals surface area contributed by atoms with Gasteiger partial charge in [0.15, 0.2) is 0 Å². The maximum Gasteiger partial charge on any atom is 0.254 e. The Bertz CT molecular complexity index is 626. The maximum absolute atomic E-state index is 12.2. The van der Waals surface area contributed by atoms with Gasteiger partial charge < -0.3 is 10.4 Å². The zero-order valence-electron chi connectivity index (χ0n) is 12.4. The van der Waals surface area contributed by atoms with Crippen molar-refractivity contribution < 1.29 is 9.90 Å². The monoisotopic (exact) mass is 339 g/mol. The molecule has 1 heterocycles. The van der Waals surface area contributed by atoms with Gasteiger partial charge in [-0.3, -0.25) is 4.79 Å². The largest absolute Gasteiger partial charge is 0.395 e. The van der Waals surface area contributed by atoms with Crippen LogP contribution in [0, 0.1) is 0 Å². The number of carbonyl (C=O) groups is 1. The lowest BCUT2D eigenvalue weighted by Gasteiger charge is -2.20. The van der Waals surface area contributed by atoms with Gasteiger partial charge in [-0.1, -0.05) is 11.6 Å². The molecule has 0 aliphatic rings. The van der Waals surface area contributed by atoms with Gasteiger partial charge in [-0.2, -0.15) is 16.9 Å². The number of thioether (sulfide) groups is 1. The lowest BCUT2D eigenvalue weighted by molar-refractivity contribution is 0.0936. The van der Waals surface area contributed by atoms with Crippen LogP contribution in [0.1, 0.15) is 17.3 Å². The van der Waals surface area contributed by atoms with E-state index in [1.807, 2.05) is 25.3 Å². The molecule has 2 unspecified atom stereocenters. The van der Waals surface area contributed by atoms with Crippen molar-refractivity contribution >= 4 is 29.3 Å². The second kappa shape index (κ2) is 7.67. The van der Waals surface area contributed by atoms with E-state index in [2.05, 4.69) is 10.4 Å². The van der Waals surface area contributed by atoms with Crippen molar-refractivity contribution in [2.75, 3.05) is 12.9 Å². The molecule has 1 aromatic heterocycles. The van der Waals surface area contributed by atoms with E-state index < -0.39 is 0 Å². The molecular weight excluding hydrogens is 322 g/mol. The number of amides is 1. The number of hydrogen-bond donors (Lipinski definition) is 2. The van der Waals surface area contributed by atoms with Crippen LogP contribution in [0.4, 0.5) is 0 Å². The highest BCUT2D eigenvalue weighted by Gasteiger charge is 2.19. The van der Waals surface area contributed by atoms with E-state index >= 15 is 0 Å². The third-order valence-electron chi connectivity index (χ3n) is 3.34. The number of halogens is 1. The Hall–Kier alpha value is -1.50. The zero-order chi connectivity index (χ0) is 16.1. The summed E-state index contributed by atoms with van der Waals surface area (Å²) in [5.41, 5.74) is 1.30. The van der Waals surface area contributed by atoms with E-state index in [1.54, 1.807) is 23.0 Å². The molecular formula is C15H18ClN3O2S. The van der Waals surface area contributed by atoms with Gasteiger partial charge in [0.1, 0.15) is 0 Å². The van der Waals surface area contributed by atoms with Crippen LogP contribution < -0.4 is 5.32 Å². The third-order valence-corrected chi connectivity index (χ3v) is 4.75. The fraction of sp³-hybridized carbons (Fsp3) is 0.333. The highest BCUT2D eigenvalue weighted by atomic mass is 35.5. The molecule has 0 saturated heterocycles.